The molecule has 1 aromatic rings. The van der Waals surface area contributed by atoms with Crippen LogP contribution < -0.4 is 11.1 Å². The van der Waals surface area contributed by atoms with Crippen LogP contribution in [-0.4, -0.2) is 48.5 Å². The largest absolute Gasteiger partial charge is 0.462 e. The number of aromatic nitrogens is 1. The lowest BCUT2D eigenvalue weighted by atomic mass is 10.2. The molecule has 0 fully saturated rings. The monoisotopic (exact) mass is 280 g/mol. The van der Waals surface area contributed by atoms with Gasteiger partial charge < -0.3 is 20.7 Å². The summed E-state index contributed by atoms with van der Waals surface area (Å²) in [5, 5.41) is 2.84. The average molecular weight is 280 g/mol. The molecule has 0 saturated heterocycles. The molecule has 0 aliphatic heterocycles. The van der Waals surface area contributed by atoms with Gasteiger partial charge in [-0.15, -0.1) is 0 Å². The van der Waals surface area contributed by atoms with Crippen molar-refractivity contribution in [2.24, 2.45) is 0 Å². The number of hydrogen-bond acceptors (Lipinski definition) is 6. The first-order valence-corrected chi connectivity index (χ1v) is 6.40. The van der Waals surface area contributed by atoms with E-state index < -0.39 is 5.97 Å². The smallest absolute Gasteiger partial charge is 0.341 e. The number of rotatable bonds is 6. The minimum absolute atomic E-state index is 0.0493. The number of hydrogen-bond donors (Lipinski definition) is 2. The molecule has 1 amide bonds. The second-order valence-electron chi connectivity index (χ2n) is 4.15. The maximum atomic E-state index is 11.8. The number of likely N-dealkylation sites (N-methyl/N-ethyl adjacent to an activating group) is 1. The van der Waals surface area contributed by atoms with Crippen molar-refractivity contribution < 1.29 is 14.3 Å². The Balaban J connectivity index is 2.84. The van der Waals surface area contributed by atoms with Gasteiger partial charge in [0.2, 0.25) is 5.91 Å². The molecule has 0 saturated carbocycles. The molecule has 7 nitrogen and oxygen atoms in total. The van der Waals surface area contributed by atoms with Gasteiger partial charge in [-0.2, -0.15) is 0 Å². The minimum atomic E-state index is -0.522. The van der Waals surface area contributed by atoms with E-state index in [2.05, 4.69) is 10.3 Å². The van der Waals surface area contributed by atoms with Crippen molar-refractivity contribution in [3.8, 4) is 0 Å². The molecule has 0 aliphatic rings. The quantitative estimate of drug-likeness (QED) is 0.746. The summed E-state index contributed by atoms with van der Waals surface area (Å²) in [7, 11) is 1.70. The molecule has 7 heteroatoms. The number of carbonyl (C=O) groups is 2. The van der Waals surface area contributed by atoms with E-state index in [1.165, 1.54) is 12.3 Å². The second-order valence-corrected chi connectivity index (χ2v) is 4.15. The predicted molar refractivity (Wildman–Crippen MR) is 76.4 cm³/mol. The normalized spacial score (nSPS) is 9.95. The molecule has 1 rings (SSSR count). The number of anilines is 2. The van der Waals surface area contributed by atoms with Gasteiger partial charge in [-0.3, -0.25) is 4.79 Å². The van der Waals surface area contributed by atoms with E-state index in [0.29, 0.717) is 12.2 Å². The van der Waals surface area contributed by atoms with Crippen LogP contribution >= 0.6 is 0 Å². The van der Waals surface area contributed by atoms with Crippen LogP contribution in [0.3, 0.4) is 0 Å². The molecule has 20 heavy (non-hydrogen) atoms. The minimum Gasteiger partial charge on any atom is -0.462 e. The number of nitrogens with one attached hydrogen (secondary N) is 1. The molecule has 0 bridgehead atoms. The SMILES string of the molecule is CCOC(=O)c1cc(N)cnc1NCC(=O)N(C)CC. The Bertz CT molecular complexity index is 491. The standard InChI is InChI=1S/C13H20N4O3/c1-4-17(3)11(18)8-16-12-10(13(19)20-5-2)6-9(14)7-15-12/h6-7H,4-5,8,14H2,1-3H3,(H,15,16). The van der Waals surface area contributed by atoms with Crippen molar-refractivity contribution in [2.45, 2.75) is 13.8 Å². The summed E-state index contributed by atoms with van der Waals surface area (Å²) in [6, 6.07) is 1.47. The van der Waals surface area contributed by atoms with E-state index in [1.807, 2.05) is 6.92 Å². The van der Waals surface area contributed by atoms with Gasteiger partial charge in [-0.1, -0.05) is 0 Å². The van der Waals surface area contributed by atoms with Gasteiger partial charge in [-0.25, -0.2) is 9.78 Å². The summed E-state index contributed by atoms with van der Waals surface area (Å²) in [4.78, 5) is 29.1. The van der Waals surface area contributed by atoms with Crippen LogP contribution in [0.2, 0.25) is 0 Å². The third kappa shape index (κ3) is 4.11. The number of nitrogens with zero attached hydrogens (tertiary/aromatic N) is 2. The number of esters is 1. The van der Waals surface area contributed by atoms with Crippen molar-refractivity contribution in [2.75, 3.05) is 37.8 Å². The van der Waals surface area contributed by atoms with Gasteiger partial charge in [0.25, 0.3) is 0 Å². The average Bonchev–Trinajstić information content (AvgIpc) is 2.44. The van der Waals surface area contributed by atoms with Crippen molar-refractivity contribution in [1.29, 1.82) is 0 Å². The maximum absolute atomic E-state index is 11.8. The first kappa shape index (κ1) is 15.7. The topological polar surface area (TPSA) is 97.5 Å². The van der Waals surface area contributed by atoms with Crippen LogP contribution in [-0.2, 0) is 9.53 Å². The molecule has 0 radical (unpaired) electrons. The molecule has 1 heterocycles. The van der Waals surface area contributed by atoms with E-state index in [9.17, 15) is 9.59 Å². The first-order chi connectivity index (χ1) is 9.49. The summed E-state index contributed by atoms with van der Waals surface area (Å²) in [6.07, 6.45) is 1.42. The Morgan fingerprint density at radius 3 is 2.75 bits per heavy atom. The molecule has 0 unspecified atom stereocenters. The van der Waals surface area contributed by atoms with Gasteiger partial charge in [0.15, 0.2) is 0 Å². The molecule has 0 aliphatic carbocycles. The Hall–Kier alpha value is -2.31. The Morgan fingerprint density at radius 1 is 1.45 bits per heavy atom. The lowest BCUT2D eigenvalue weighted by Gasteiger charge is -2.16. The fourth-order valence-electron chi connectivity index (χ4n) is 1.46. The number of ether oxygens (including phenoxy) is 1. The van der Waals surface area contributed by atoms with Crippen molar-refractivity contribution >= 4 is 23.4 Å². The lowest BCUT2D eigenvalue weighted by Crippen LogP contribution is -2.32. The Morgan fingerprint density at radius 2 is 2.15 bits per heavy atom. The summed E-state index contributed by atoms with van der Waals surface area (Å²) < 4.78 is 4.93. The van der Waals surface area contributed by atoms with Gasteiger partial charge in [0.1, 0.15) is 11.4 Å². The second kappa shape index (κ2) is 7.32. The van der Waals surface area contributed by atoms with Crippen LogP contribution in [0.1, 0.15) is 24.2 Å². The van der Waals surface area contributed by atoms with Crippen molar-refractivity contribution in [3.63, 3.8) is 0 Å². The van der Waals surface area contributed by atoms with Crippen molar-refractivity contribution in [1.82, 2.24) is 9.88 Å². The van der Waals surface area contributed by atoms with E-state index in [-0.39, 0.29) is 30.4 Å². The van der Waals surface area contributed by atoms with E-state index >= 15 is 0 Å². The van der Waals surface area contributed by atoms with Gasteiger partial charge in [-0.05, 0) is 19.9 Å². The maximum Gasteiger partial charge on any atom is 0.341 e. The molecule has 3 N–H and O–H groups in total. The van der Waals surface area contributed by atoms with Crippen LogP contribution in [0.15, 0.2) is 12.3 Å². The molecule has 0 spiro atoms. The van der Waals surface area contributed by atoms with E-state index in [0.717, 1.165) is 0 Å². The van der Waals surface area contributed by atoms with Crippen molar-refractivity contribution in [3.05, 3.63) is 17.8 Å². The molecule has 0 aromatic carbocycles. The zero-order valence-electron chi connectivity index (χ0n) is 12.0. The zero-order valence-corrected chi connectivity index (χ0v) is 12.0. The fraction of sp³-hybridized carbons (Fsp3) is 0.462. The van der Waals surface area contributed by atoms with Crippen LogP contribution in [0, 0.1) is 0 Å². The number of carbonyl (C=O) groups excluding carboxylic acids is 2. The third-order valence-corrected chi connectivity index (χ3v) is 2.71. The highest BCUT2D eigenvalue weighted by Gasteiger charge is 2.16. The first-order valence-electron chi connectivity index (χ1n) is 6.40. The Labute approximate surface area is 118 Å². The third-order valence-electron chi connectivity index (χ3n) is 2.71. The van der Waals surface area contributed by atoms with Gasteiger partial charge in [0.05, 0.1) is 25.0 Å². The van der Waals surface area contributed by atoms with Gasteiger partial charge in [0, 0.05) is 13.6 Å². The highest BCUT2D eigenvalue weighted by molar-refractivity contribution is 5.96. The highest BCUT2D eigenvalue weighted by Crippen LogP contribution is 2.16. The Kier molecular flexibility index (Phi) is 5.76. The molecule has 110 valence electrons. The molecule has 0 atom stereocenters. The summed E-state index contributed by atoms with van der Waals surface area (Å²) in [5.74, 6) is -0.331. The van der Waals surface area contributed by atoms with E-state index in [1.54, 1.807) is 18.9 Å². The predicted octanol–water partition coefficient (Wildman–Crippen LogP) is 0.731. The lowest BCUT2D eigenvalue weighted by molar-refractivity contribution is -0.127. The summed E-state index contributed by atoms with van der Waals surface area (Å²) in [6.45, 7) is 4.51. The summed E-state index contributed by atoms with van der Waals surface area (Å²) >= 11 is 0. The van der Waals surface area contributed by atoms with Crippen LogP contribution in [0.5, 0.6) is 0 Å². The van der Waals surface area contributed by atoms with E-state index in [4.69, 9.17) is 10.5 Å². The highest BCUT2D eigenvalue weighted by atomic mass is 16.5. The van der Waals surface area contributed by atoms with Crippen LogP contribution in [0.25, 0.3) is 0 Å². The molecule has 1 aromatic heterocycles. The van der Waals surface area contributed by atoms with Crippen LogP contribution in [0.4, 0.5) is 11.5 Å². The number of nitrogens with two attached hydrogens (primary N) is 1. The molecular weight excluding hydrogens is 260 g/mol. The number of nitrogen functional groups attached to an aromatic ring is 1. The fourth-order valence-corrected chi connectivity index (χ4v) is 1.46. The summed E-state index contributed by atoms with van der Waals surface area (Å²) in [5.41, 5.74) is 6.19. The number of pyridine rings is 1. The molecular formula is C13H20N4O3. The van der Waals surface area contributed by atoms with Gasteiger partial charge >= 0.3 is 5.97 Å². The zero-order chi connectivity index (χ0) is 15.1. The number of amides is 1.